The predicted molar refractivity (Wildman–Crippen MR) is 83.9 cm³/mol. The minimum absolute atomic E-state index is 0.401. The van der Waals surface area contributed by atoms with Gasteiger partial charge in [0.2, 0.25) is 0 Å². The Hall–Kier alpha value is -1.10. The lowest BCUT2D eigenvalue weighted by Gasteiger charge is -2.32. The summed E-state index contributed by atoms with van der Waals surface area (Å²) in [5, 5.41) is 3.68. The van der Waals surface area contributed by atoms with Crippen LogP contribution in [0.2, 0.25) is 0 Å². The van der Waals surface area contributed by atoms with Crippen molar-refractivity contribution in [1.82, 2.24) is 10.2 Å². The minimum Gasteiger partial charge on any atom is -0.497 e. The lowest BCUT2D eigenvalue weighted by molar-refractivity contribution is 0.124. The van der Waals surface area contributed by atoms with Crippen LogP contribution in [-0.2, 0) is 11.2 Å². The fraction of sp³-hybridized carbons (Fsp3) is 0.647. The number of ether oxygens (including phenoxy) is 2. The summed E-state index contributed by atoms with van der Waals surface area (Å²) in [5.74, 6) is 0.955. The molecule has 116 valence electrons. The molecule has 0 aromatic heterocycles. The van der Waals surface area contributed by atoms with E-state index in [4.69, 9.17) is 9.47 Å². The largest absolute Gasteiger partial charge is 0.497 e. The number of rotatable bonds is 4. The summed E-state index contributed by atoms with van der Waals surface area (Å²) in [4.78, 5) is 2.60. The smallest absolute Gasteiger partial charge is 0.119 e. The molecule has 1 aromatic carbocycles. The second kappa shape index (κ2) is 6.77. The van der Waals surface area contributed by atoms with Gasteiger partial charge >= 0.3 is 0 Å². The van der Waals surface area contributed by atoms with Gasteiger partial charge in [0.1, 0.15) is 5.75 Å². The van der Waals surface area contributed by atoms with Crippen molar-refractivity contribution in [2.45, 2.75) is 31.8 Å². The van der Waals surface area contributed by atoms with Gasteiger partial charge in [-0.15, -0.1) is 0 Å². The fourth-order valence-corrected chi connectivity index (χ4v) is 3.63. The predicted octanol–water partition coefficient (Wildman–Crippen LogP) is 1.99. The normalized spacial score (nSPS) is 26.4. The molecule has 4 heteroatoms. The lowest BCUT2D eigenvalue weighted by atomic mass is 10.1. The maximum Gasteiger partial charge on any atom is 0.119 e. The molecular formula is C17H26N2O2. The third-order valence-corrected chi connectivity index (χ3v) is 4.65. The van der Waals surface area contributed by atoms with E-state index in [1.807, 2.05) is 0 Å². The van der Waals surface area contributed by atoms with Gasteiger partial charge in [0.05, 0.1) is 13.7 Å². The number of hydrogen-bond acceptors (Lipinski definition) is 4. The molecule has 1 saturated heterocycles. The van der Waals surface area contributed by atoms with Gasteiger partial charge in [-0.1, -0.05) is 13.0 Å². The Balaban J connectivity index is 1.84. The summed E-state index contributed by atoms with van der Waals surface area (Å²) in [7, 11) is 1.74. The van der Waals surface area contributed by atoms with E-state index < -0.39 is 0 Å². The molecule has 2 aliphatic rings. The minimum atomic E-state index is 0.401. The van der Waals surface area contributed by atoms with Crippen LogP contribution in [0.4, 0.5) is 0 Å². The van der Waals surface area contributed by atoms with E-state index in [1.54, 1.807) is 7.11 Å². The van der Waals surface area contributed by atoms with Crippen LogP contribution in [0.3, 0.4) is 0 Å². The Morgan fingerprint density at radius 2 is 2.24 bits per heavy atom. The number of nitrogens with one attached hydrogen (secondary N) is 1. The van der Waals surface area contributed by atoms with Crippen LogP contribution >= 0.6 is 0 Å². The van der Waals surface area contributed by atoms with Crippen molar-refractivity contribution >= 4 is 0 Å². The molecule has 1 N–H and O–H groups in total. The van der Waals surface area contributed by atoms with E-state index in [-0.39, 0.29) is 0 Å². The summed E-state index contributed by atoms with van der Waals surface area (Å²) in [6.45, 7) is 7.10. The third kappa shape index (κ3) is 3.07. The molecule has 0 spiro atoms. The Morgan fingerprint density at radius 1 is 1.33 bits per heavy atom. The Bertz CT molecular complexity index is 470. The number of fused-ring (bicyclic) bond motifs is 1. The van der Waals surface area contributed by atoms with Gasteiger partial charge in [0.15, 0.2) is 0 Å². The van der Waals surface area contributed by atoms with Gasteiger partial charge in [-0.3, -0.25) is 4.90 Å². The zero-order valence-electron chi connectivity index (χ0n) is 13.1. The molecule has 0 radical (unpaired) electrons. The van der Waals surface area contributed by atoms with Gasteiger partial charge in [0, 0.05) is 31.8 Å². The third-order valence-electron chi connectivity index (χ3n) is 4.65. The molecule has 4 nitrogen and oxygen atoms in total. The highest BCUT2D eigenvalue weighted by molar-refractivity contribution is 5.42. The van der Waals surface area contributed by atoms with Crippen LogP contribution in [-0.4, -0.2) is 50.9 Å². The molecule has 3 rings (SSSR count). The second-order valence-corrected chi connectivity index (χ2v) is 5.87. The van der Waals surface area contributed by atoms with Gasteiger partial charge < -0.3 is 14.8 Å². The molecule has 1 fully saturated rings. The first kappa shape index (κ1) is 14.8. The van der Waals surface area contributed by atoms with E-state index in [9.17, 15) is 0 Å². The maximum absolute atomic E-state index is 5.61. The molecule has 1 aliphatic heterocycles. The van der Waals surface area contributed by atoms with Crippen LogP contribution < -0.4 is 10.1 Å². The quantitative estimate of drug-likeness (QED) is 0.919. The number of methoxy groups -OCH3 is 1. The molecule has 1 aliphatic carbocycles. The topological polar surface area (TPSA) is 33.7 Å². The molecular weight excluding hydrogens is 264 g/mol. The van der Waals surface area contributed by atoms with Crippen molar-refractivity contribution in [3.05, 3.63) is 29.3 Å². The van der Waals surface area contributed by atoms with Crippen molar-refractivity contribution in [3.8, 4) is 5.75 Å². The molecule has 2 unspecified atom stereocenters. The highest BCUT2D eigenvalue weighted by Crippen LogP contribution is 2.37. The summed E-state index contributed by atoms with van der Waals surface area (Å²) >= 11 is 0. The van der Waals surface area contributed by atoms with Crippen molar-refractivity contribution in [2.24, 2.45) is 0 Å². The van der Waals surface area contributed by atoms with Crippen LogP contribution in [0, 0.1) is 0 Å². The molecule has 1 heterocycles. The van der Waals surface area contributed by atoms with Crippen molar-refractivity contribution in [1.29, 1.82) is 0 Å². The highest BCUT2D eigenvalue weighted by atomic mass is 16.5. The van der Waals surface area contributed by atoms with Gasteiger partial charge in [-0.2, -0.15) is 0 Å². The van der Waals surface area contributed by atoms with Crippen molar-refractivity contribution in [2.75, 3.05) is 40.0 Å². The molecule has 0 amide bonds. The summed E-state index contributed by atoms with van der Waals surface area (Å²) in [5.41, 5.74) is 2.86. The SMILES string of the molecule is CCNC1c2cc(OC)ccc2CC1N1CCCOCC1. The van der Waals surface area contributed by atoms with Crippen LogP contribution in [0.5, 0.6) is 5.75 Å². The average Bonchev–Trinajstić information content (AvgIpc) is 2.70. The zero-order valence-corrected chi connectivity index (χ0v) is 13.1. The van der Waals surface area contributed by atoms with Crippen LogP contribution in [0.25, 0.3) is 0 Å². The first-order valence-electron chi connectivity index (χ1n) is 8.05. The first-order chi connectivity index (χ1) is 10.3. The summed E-state index contributed by atoms with van der Waals surface area (Å²) < 4.78 is 11.0. The van der Waals surface area contributed by atoms with Crippen molar-refractivity contribution in [3.63, 3.8) is 0 Å². The van der Waals surface area contributed by atoms with E-state index in [2.05, 4.69) is 35.3 Å². The summed E-state index contributed by atoms with van der Waals surface area (Å²) in [6, 6.07) is 7.45. The fourth-order valence-electron chi connectivity index (χ4n) is 3.63. The standard InChI is InChI=1S/C17H26N2O2/c1-3-18-17-15-12-14(20-2)6-5-13(15)11-16(17)19-7-4-9-21-10-8-19/h5-6,12,16-18H,3-4,7-11H2,1-2H3. The Morgan fingerprint density at radius 3 is 3.05 bits per heavy atom. The van der Waals surface area contributed by atoms with E-state index in [0.717, 1.165) is 51.4 Å². The van der Waals surface area contributed by atoms with Crippen molar-refractivity contribution < 1.29 is 9.47 Å². The summed E-state index contributed by atoms with van der Waals surface area (Å²) in [6.07, 6.45) is 2.26. The van der Waals surface area contributed by atoms with Gasteiger partial charge in [-0.25, -0.2) is 0 Å². The highest BCUT2D eigenvalue weighted by Gasteiger charge is 2.36. The molecule has 2 atom stereocenters. The van der Waals surface area contributed by atoms with E-state index >= 15 is 0 Å². The molecule has 21 heavy (non-hydrogen) atoms. The van der Waals surface area contributed by atoms with Gasteiger partial charge in [0.25, 0.3) is 0 Å². The zero-order chi connectivity index (χ0) is 14.7. The number of nitrogens with zero attached hydrogens (tertiary/aromatic N) is 1. The van der Waals surface area contributed by atoms with E-state index in [1.165, 1.54) is 11.1 Å². The molecule has 0 saturated carbocycles. The molecule has 1 aromatic rings. The average molecular weight is 290 g/mol. The molecule has 0 bridgehead atoms. The Labute approximate surface area is 127 Å². The number of hydrogen-bond donors (Lipinski definition) is 1. The maximum atomic E-state index is 5.61. The van der Waals surface area contributed by atoms with Crippen LogP contribution in [0.1, 0.15) is 30.5 Å². The Kier molecular flexibility index (Phi) is 4.78. The first-order valence-corrected chi connectivity index (χ1v) is 8.05. The second-order valence-electron chi connectivity index (χ2n) is 5.87. The lowest BCUT2D eigenvalue weighted by Crippen LogP contribution is -2.44. The van der Waals surface area contributed by atoms with Crippen LogP contribution in [0.15, 0.2) is 18.2 Å². The monoisotopic (exact) mass is 290 g/mol. The number of likely N-dealkylation sites (N-methyl/N-ethyl adjacent to an activating group) is 1. The van der Waals surface area contributed by atoms with E-state index in [0.29, 0.717) is 12.1 Å². The number of benzene rings is 1. The van der Waals surface area contributed by atoms with Gasteiger partial charge in [-0.05, 0) is 42.6 Å².